The first-order valence-corrected chi connectivity index (χ1v) is 6.59. The van der Waals surface area contributed by atoms with Crippen LogP contribution >= 0.6 is 0 Å². The lowest BCUT2D eigenvalue weighted by Crippen LogP contribution is -2.34. The number of ether oxygens (including phenoxy) is 1. The van der Waals surface area contributed by atoms with Crippen LogP contribution in [-0.2, 0) is 4.79 Å². The molecule has 21 heavy (non-hydrogen) atoms. The first-order valence-electron chi connectivity index (χ1n) is 6.59. The fraction of sp³-hybridized carbons (Fsp3) is 0.333. The van der Waals surface area contributed by atoms with Gasteiger partial charge in [0.25, 0.3) is 5.91 Å². The molecule has 2 heterocycles. The van der Waals surface area contributed by atoms with Crippen molar-refractivity contribution in [2.75, 3.05) is 38.7 Å². The Labute approximate surface area is 122 Å². The molecule has 6 heteroatoms. The van der Waals surface area contributed by atoms with Crippen LogP contribution < -0.4 is 9.64 Å². The summed E-state index contributed by atoms with van der Waals surface area (Å²) in [6.45, 7) is 0.889. The number of aromatic nitrogens is 1. The lowest BCUT2D eigenvalue weighted by molar-refractivity contribution is -0.120. The Kier molecular flexibility index (Phi) is 3.50. The van der Waals surface area contributed by atoms with Crippen molar-refractivity contribution in [2.24, 2.45) is 0 Å². The van der Waals surface area contributed by atoms with Crippen LogP contribution in [0.5, 0.6) is 5.75 Å². The molecule has 1 aliphatic rings. The average molecular weight is 285 g/mol. The molecule has 3 rings (SSSR count). The van der Waals surface area contributed by atoms with E-state index in [0.717, 1.165) is 5.39 Å². The van der Waals surface area contributed by atoms with E-state index in [1.807, 2.05) is 25.1 Å². The molecule has 1 aromatic carbocycles. The summed E-state index contributed by atoms with van der Waals surface area (Å²) in [7, 11) is 3.88. The van der Waals surface area contributed by atoms with Gasteiger partial charge in [-0.3, -0.25) is 14.6 Å². The van der Waals surface area contributed by atoms with Crippen molar-refractivity contribution >= 4 is 22.7 Å². The quantitative estimate of drug-likeness (QED) is 0.774. The average Bonchev–Trinajstić information content (AvgIpc) is 2.83. The van der Waals surface area contributed by atoms with Gasteiger partial charge < -0.3 is 9.26 Å². The number of hydrogen-bond acceptors (Lipinski definition) is 5. The maximum absolute atomic E-state index is 12.2. The van der Waals surface area contributed by atoms with Crippen LogP contribution in [0, 0.1) is 11.8 Å². The lowest BCUT2D eigenvalue weighted by atomic mass is 10.2. The number of benzene rings is 1. The molecular formula is C15H15N3O3. The Morgan fingerprint density at radius 1 is 1.38 bits per heavy atom. The molecule has 0 radical (unpaired) electrons. The minimum absolute atomic E-state index is 0.0230. The second-order valence-electron chi connectivity index (χ2n) is 5.00. The lowest BCUT2D eigenvalue weighted by Gasteiger charge is -2.14. The summed E-state index contributed by atoms with van der Waals surface area (Å²) in [6.07, 6.45) is 0. The highest BCUT2D eigenvalue weighted by molar-refractivity contribution is 6.05. The maximum Gasteiger partial charge on any atom is 0.267 e. The Morgan fingerprint density at radius 2 is 2.24 bits per heavy atom. The summed E-state index contributed by atoms with van der Waals surface area (Å²) in [5.41, 5.74) is 0.600. The number of hydrogen-bond donors (Lipinski definition) is 0. The normalized spacial score (nSPS) is 13.9. The van der Waals surface area contributed by atoms with Crippen LogP contribution in [0.25, 0.3) is 11.0 Å². The van der Waals surface area contributed by atoms with Crippen molar-refractivity contribution in [3.05, 3.63) is 18.2 Å². The zero-order valence-corrected chi connectivity index (χ0v) is 11.9. The molecule has 0 aliphatic carbocycles. The van der Waals surface area contributed by atoms with Crippen LogP contribution in [0.1, 0.15) is 0 Å². The van der Waals surface area contributed by atoms with Gasteiger partial charge in [0.05, 0.1) is 13.1 Å². The fourth-order valence-electron chi connectivity index (χ4n) is 2.10. The van der Waals surface area contributed by atoms with Crippen molar-refractivity contribution < 1.29 is 14.1 Å². The number of carbonyl (C=O) groups is 1. The van der Waals surface area contributed by atoms with Crippen LogP contribution in [0.4, 0.5) is 5.82 Å². The zero-order valence-electron chi connectivity index (χ0n) is 11.9. The van der Waals surface area contributed by atoms with Crippen LogP contribution in [0.15, 0.2) is 22.7 Å². The number of anilines is 1. The summed E-state index contributed by atoms with van der Waals surface area (Å²) < 4.78 is 10.8. The van der Waals surface area contributed by atoms with E-state index < -0.39 is 0 Å². The molecule has 1 aromatic heterocycles. The van der Waals surface area contributed by atoms with Gasteiger partial charge in [0.1, 0.15) is 11.1 Å². The van der Waals surface area contributed by atoms with E-state index >= 15 is 0 Å². The minimum Gasteiger partial charge on any atom is -0.483 e. The van der Waals surface area contributed by atoms with Gasteiger partial charge >= 0.3 is 0 Å². The van der Waals surface area contributed by atoms with Gasteiger partial charge in [-0.05, 0) is 26.2 Å². The maximum atomic E-state index is 12.2. The van der Waals surface area contributed by atoms with Gasteiger partial charge in [-0.1, -0.05) is 23.1 Å². The Morgan fingerprint density at radius 3 is 3.05 bits per heavy atom. The van der Waals surface area contributed by atoms with E-state index in [1.165, 1.54) is 4.90 Å². The van der Waals surface area contributed by atoms with Crippen LogP contribution in [0.2, 0.25) is 0 Å². The highest BCUT2D eigenvalue weighted by Crippen LogP contribution is 2.35. The van der Waals surface area contributed by atoms with Crippen molar-refractivity contribution in [1.82, 2.24) is 10.1 Å². The second kappa shape index (κ2) is 5.46. The van der Waals surface area contributed by atoms with Crippen molar-refractivity contribution in [2.45, 2.75) is 0 Å². The molecule has 0 fully saturated rings. The first kappa shape index (κ1) is 13.5. The van der Waals surface area contributed by atoms with Gasteiger partial charge in [-0.2, -0.15) is 0 Å². The molecule has 0 spiro atoms. The van der Waals surface area contributed by atoms with Crippen molar-refractivity contribution in [3.63, 3.8) is 0 Å². The Bertz CT molecular complexity index is 739. The molecule has 2 aromatic rings. The summed E-state index contributed by atoms with van der Waals surface area (Å²) >= 11 is 0. The van der Waals surface area contributed by atoms with Crippen LogP contribution in [0.3, 0.4) is 0 Å². The standard InChI is InChI=1S/C15H15N3O3/c1-17(2)8-3-4-9-18-13(19)10-20-11-6-5-7-12-14(11)15(18)16-21-12/h5-7H,8-10H2,1-2H3. The second-order valence-corrected chi connectivity index (χ2v) is 5.00. The molecule has 0 saturated heterocycles. The first-order chi connectivity index (χ1) is 10.2. The Balaban J connectivity index is 1.94. The summed E-state index contributed by atoms with van der Waals surface area (Å²) in [5, 5.41) is 4.72. The third-order valence-corrected chi connectivity index (χ3v) is 3.11. The van der Waals surface area contributed by atoms with E-state index in [4.69, 9.17) is 9.26 Å². The van der Waals surface area contributed by atoms with E-state index in [0.29, 0.717) is 23.7 Å². The third-order valence-electron chi connectivity index (χ3n) is 3.11. The van der Waals surface area contributed by atoms with Gasteiger partial charge in [0.15, 0.2) is 18.0 Å². The molecule has 0 atom stereocenters. The molecule has 0 N–H and O–H groups in total. The van der Waals surface area contributed by atoms with Gasteiger partial charge in [0, 0.05) is 0 Å². The zero-order chi connectivity index (χ0) is 14.8. The smallest absolute Gasteiger partial charge is 0.267 e. The highest BCUT2D eigenvalue weighted by atomic mass is 16.5. The molecule has 6 nitrogen and oxygen atoms in total. The predicted molar refractivity (Wildman–Crippen MR) is 78.2 cm³/mol. The van der Waals surface area contributed by atoms with Gasteiger partial charge in [0.2, 0.25) is 0 Å². The number of rotatable bonds is 2. The largest absolute Gasteiger partial charge is 0.483 e. The van der Waals surface area contributed by atoms with E-state index in [2.05, 4.69) is 17.0 Å². The molecule has 0 unspecified atom stereocenters. The number of carbonyl (C=O) groups excluding carboxylic acids is 1. The predicted octanol–water partition coefficient (Wildman–Crippen LogP) is 1.12. The fourth-order valence-corrected chi connectivity index (χ4v) is 2.10. The number of amides is 1. The minimum atomic E-state index is -0.180. The topological polar surface area (TPSA) is 58.8 Å². The summed E-state index contributed by atoms with van der Waals surface area (Å²) in [5.74, 6) is 6.89. The molecule has 108 valence electrons. The number of nitrogens with zero attached hydrogens (tertiary/aromatic N) is 3. The van der Waals surface area contributed by atoms with Gasteiger partial charge in [-0.25, -0.2) is 0 Å². The molecule has 1 amide bonds. The Hall–Kier alpha value is -2.52. The molecule has 0 saturated carbocycles. The van der Waals surface area contributed by atoms with E-state index in [9.17, 15) is 4.79 Å². The molecule has 0 bridgehead atoms. The molecule has 1 aliphatic heterocycles. The van der Waals surface area contributed by atoms with Gasteiger partial charge in [-0.15, -0.1) is 0 Å². The highest BCUT2D eigenvalue weighted by Gasteiger charge is 2.27. The summed E-state index contributed by atoms with van der Waals surface area (Å²) in [6, 6.07) is 5.41. The van der Waals surface area contributed by atoms with E-state index in [-0.39, 0.29) is 19.1 Å². The third kappa shape index (κ3) is 2.56. The SMILES string of the molecule is CN(C)CC#CCN1C(=O)COc2cccc3onc1c23. The van der Waals surface area contributed by atoms with Crippen molar-refractivity contribution in [3.8, 4) is 17.6 Å². The monoisotopic (exact) mass is 285 g/mol. The van der Waals surface area contributed by atoms with Crippen LogP contribution in [-0.4, -0.2) is 49.8 Å². The van der Waals surface area contributed by atoms with Crippen molar-refractivity contribution in [1.29, 1.82) is 0 Å². The summed E-state index contributed by atoms with van der Waals surface area (Å²) in [4.78, 5) is 15.7. The van der Waals surface area contributed by atoms with E-state index in [1.54, 1.807) is 12.1 Å². The molecular weight excluding hydrogens is 270 g/mol.